The zero-order valence-electron chi connectivity index (χ0n) is 17.4. The highest BCUT2D eigenvalue weighted by Gasteiger charge is 2.49. The van der Waals surface area contributed by atoms with Crippen molar-refractivity contribution in [2.24, 2.45) is 0 Å². The fourth-order valence-electron chi connectivity index (χ4n) is 3.55. The second-order valence-electron chi connectivity index (χ2n) is 7.85. The first kappa shape index (κ1) is 22.5. The van der Waals surface area contributed by atoms with Gasteiger partial charge in [-0.05, 0) is 37.3 Å². The van der Waals surface area contributed by atoms with Crippen LogP contribution in [0.1, 0.15) is 22.9 Å². The smallest absolute Gasteiger partial charge is 0.247 e. The summed E-state index contributed by atoms with van der Waals surface area (Å²) in [5.74, 6) is -0.729. The van der Waals surface area contributed by atoms with Crippen molar-refractivity contribution in [1.82, 2.24) is 14.5 Å². The fourth-order valence-corrected chi connectivity index (χ4v) is 5.08. The molecule has 1 N–H and O–H groups in total. The molecule has 1 aromatic heterocycles. The molecule has 1 saturated heterocycles. The van der Waals surface area contributed by atoms with Crippen molar-refractivity contribution in [3.05, 3.63) is 57.8 Å². The summed E-state index contributed by atoms with van der Waals surface area (Å²) in [6, 6.07) is 11.7. The summed E-state index contributed by atoms with van der Waals surface area (Å²) >= 11 is 1.59. The Morgan fingerprint density at radius 2 is 1.93 bits per heavy atom. The summed E-state index contributed by atoms with van der Waals surface area (Å²) in [6.45, 7) is 3.97. The molecule has 0 bridgehead atoms. The molecule has 3 rings (SSSR count). The number of nitrogens with one attached hydrogen (secondary N) is 1. The minimum absolute atomic E-state index is 0.0677. The Morgan fingerprint density at radius 1 is 1.23 bits per heavy atom. The van der Waals surface area contributed by atoms with E-state index in [4.69, 9.17) is 0 Å². The van der Waals surface area contributed by atoms with Gasteiger partial charge in [-0.2, -0.15) is 4.31 Å². The topological polar surface area (TPSA) is 86.8 Å². The molecule has 30 heavy (non-hydrogen) atoms. The van der Waals surface area contributed by atoms with Gasteiger partial charge in [0, 0.05) is 24.5 Å². The van der Waals surface area contributed by atoms with Crippen LogP contribution < -0.4 is 5.32 Å². The summed E-state index contributed by atoms with van der Waals surface area (Å²) in [6.07, 6.45) is 1.68. The van der Waals surface area contributed by atoms with Gasteiger partial charge in [-0.15, -0.1) is 11.3 Å². The first-order valence-corrected chi connectivity index (χ1v) is 12.4. The van der Waals surface area contributed by atoms with Crippen molar-refractivity contribution in [1.29, 1.82) is 0 Å². The van der Waals surface area contributed by atoms with Crippen LogP contribution in [0.4, 0.5) is 0 Å². The number of amides is 2. The van der Waals surface area contributed by atoms with E-state index < -0.39 is 15.6 Å². The van der Waals surface area contributed by atoms with E-state index in [1.165, 1.54) is 4.90 Å². The Kier molecular flexibility index (Phi) is 6.64. The highest BCUT2D eigenvalue weighted by atomic mass is 32.2. The van der Waals surface area contributed by atoms with E-state index in [0.29, 0.717) is 19.5 Å². The Morgan fingerprint density at radius 3 is 2.53 bits per heavy atom. The van der Waals surface area contributed by atoms with Gasteiger partial charge in [-0.25, -0.2) is 8.42 Å². The number of rotatable bonds is 7. The van der Waals surface area contributed by atoms with Crippen LogP contribution in [-0.4, -0.2) is 60.9 Å². The van der Waals surface area contributed by atoms with Crippen LogP contribution in [0.25, 0.3) is 0 Å². The number of hydrogen-bond donors (Lipinski definition) is 1. The maximum absolute atomic E-state index is 13.2. The fraction of sp³-hybridized carbons (Fsp3) is 0.429. The number of nitrogens with zero attached hydrogens (tertiary/aromatic N) is 2. The number of aryl methyl sites for hydroxylation is 1. The molecule has 2 heterocycles. The zero-order valence-corrected chi connectivity index (χ0v) is 19.1. The maximum Gasteiger partial charge on any atom is 0.247 e. The van der Waals surface area contributed by atoms with Crippen LogP contribution in [0.2, 0.25) is 0 Å². The van der Waals surface area contributed by atoms with E-state index in [1.54, 1.807) is 18.3 Å². The normalized spacial score (nSPS) is 20.4. The number of carbonyl (C=O) groups is 2. The summed E-state index contributed by atoms with van der Waals surface area (Å²) in [5.41, 5.74) is 0.767. The third-order valence-electron chi connectivity index (χ3n) is 5.39. The van der Waals surface area contributed by atoms with Crippen molar-refractivity contribution >= 4 is 33.2 Å². The molecule has 7 nitrogen and oxygen atoms in total. The molecule has 1 atom stereocenters. The summed E-state index contributed by atoms with van der Waals surface area (Å²) < 4.78 is 25.3. The van der Waals surface area contributed by atoms with Crippen molar-refractivity contribution in [3.8, 4) is 0 Å². The monoisotopic (exact) mass is 449 g/mol. The molecule has 1 aliphatic rings. The standard InChI is InChI=1S/C21H27N3O4S2/c1-16-6-8-17(9-7-16)13-22-20(26)21(2)15-23(30(3,27)28)14-19(25)24(21)11-10-18-5-4-12-29-18/h4-9,12H,10-11,13-15H2,1-3H3,(H,22,26)/t21-/m1/s1. The molecular formula is C21H27N3O4S2. The molecule has 2 amide bonds. The number of carbonyl (C=O) groups excluding carboxylic acids is 2. The Hall–Kier alpha value is -2.23. The minimum Gasteiger partial charge on any atom is -0.350 e. The lowest BCUT2D eigenvalue weighted by molar-refractivity contribution is -0.152. The van der Waals surface area contributed by atoms with Crippen molar-refractivity contribution in [2.45, 2.75) is 32.4 Å². The molecule has 1 aromatic carbocycles. The van der Waals surface area contributed by atoms with Gasteiger partial charge in [0.05, 0.1) is 12.8 Å². The van der Waals surface area contributed by atoms with Gasteiger partial charge in [0.25, 0.3) is 0 Å². The van der Waals surface area contributed by atoms with E-state index in [1.807, 2.05) is 48.7 Å². The van der Waals surface area contributed by atoms with Crippen LogP contribution in [0, 0.1) is 6.92 Å². The summed E-state index contributed by atoms with van der Waals surface area (Å²) in [5, 5.41) is 4.86. The predicted octanol–water partition coefficient (Wildman–Crippen LogP) is 1.78. The molecule has 0 spiro atoms. The van der Waals surface area contributed by atoms with Crippen molar-refractivity contribution in [3.63, 3.8) is 0 Å². The third kappa shape index (κ3) is 5.08. The first-order chi connectivity index (χ1) is 14.1. The second kappa shape index (κ2) is 8.87. The van der Waals surface area contributed by atoms with Gasteiger partial charge in [-0.1, -0.05) is 35.9 Å². The molecule has 9 heteroatoms. The van der Waals surface area contributed by atoms with Crippen LogP contribution in [-0.2, 0) is 32.6 Å². The van der Waals surface area contributed by atoms with Crippen LogP contribution >= 0.6 is 11.3 Å². The number of piperazine rings is 1. The molecule has 0 saturated carbocycles. The second-order valence-corrected chi connectivity index (χ2v) is 10.9. The van der Waals surface area contributed by atoms with Crippen LogP contribution in [0.15, 0.2) is 41.8 Å². The number of thiophene rings is 1. The van der Waals surface area contributed by atoms with E-state index in [-0.39, 0.29) is 24.9 Å². The number of hydrogen-bond acceptors (Lipinski definition) is 5. The molecule has 0 unspecified atom stereocenters. The van der Waals surface area contributed by atoms with E-state index >= 15 is 0 Å². The summed E-state index contributed by atoms with van der Waals surface area (Å²) in [4.78, 5) is 28.7. The van der Waals surface area contributed by atoms with Gasteiger partial charge < -0.3 is 10.2 Å². The van der Waals surface area contributed by atoms with Gasteiger partial charge >= 0.3 is 0 Å². The largest absolute Gasteiger partial charge is 0.350 e. The van der Waals surface area contributed by atoms with E-state index in [0.717, 1.165) is 26.6 Å². The molecule has 162 valence electrons. The quantitative estimate of drug-likeness (QED) is 0.698. The van der Waals surface area contributed by atoms with E-state index in [2.05, 4.69) is 5.32 Å². The molecule has 0 radical (unpaired) electrons. The van der Waals surface area contributed by atoms with E-state index in [9.17, 15) is 18.0 Å². The summed E-state index contributed by atoms with van der Waals surface area (Å²) in [7, 11) is -3.61. The molecule has 1 fully saturated rings. The molecular weight excluding hydrogens is 422 g/mol. The Labute approximate surface area is 181 Å². The lowest BCUT2D eigenvalue weighted by atomic mass is 9.95. The van der Waals surface area contributed by atoms with Crippen LogP contribution in [0.3, 0.4) is 0 Å². The minimum atomic E-state index is -3.61. The van der Waals surface area contributed by atoms with Gasteiger partial charge in [0.2, 0.25) is 21.8 Å². The highest BCUT2D eigenvalue weighted by molar-refractivity contribution is 7.88. The van der Waals surface area contributed by atoms with Crippen molar-refractivity contribution < 1.29 is 18.0 Å². The van der Waals surface area contributed by atoms with Crippen LogP contribution in [0.5, 0.6) is 0 Å². The first-order valence-electron chi connectivity index (χ1n) is 9.71. The highest BCUT2D eigenvalue weighted by Crippen LogP contribution is 2.26. The van der Waals surface area contributed by atoms with Gasteiger partial charge in [0.15, 0.2) is 0 Å². The zero-order chi connectivity index (χ0) is 21.9. The number of benzene rings is 1. The average molecular weight is 450 g/mol. The molecule has 0 aliphatic carbocycles. The third-order valence-corrected chi connectivity index (χ3v) is 7.52. The maximum atomic E-state index is 13.2. The Bertz CT molecular complexity index is 1000. The Balaban J connectivity index is 1.80. The average Bonchev–Trinajstić information content (AvgIpc) is 3.19. The molecule has 2 aromatic rings. The lowest BCUT2D eigenvalue weighted by Crippen LogP contribution is -2.69. The van der Waals surface area contributed by atoms with Crippen molar-refractivity contribution in [2.75, 3.05) is 25.9 Å². The predicted molar refractivity (Wildman–Crippen MR) is 118 cm³/mol. The number of sulfonamides is 1. The molecule has 1 aliphatic heterocycles. The SMILES string of the molecule is Cc1ccc(CNC(=O)[C@@]2(C)CN(S(C)(=O)=O)CC(=O)N2CCc2cccs2)cc1. The van der Waals surface area contributed by atoms with Gasteiger partial charge in [-0.3, -0.25) is 9.59 Å². The van der Waals surface area contributed by atoms with Gasteiger partial charge in [0.1, 0.15) is 5.54 Å². The lowest BCUT2D eigenvalue weighted by Gasteiger charge is -2.46.